The Hall–Kier alpha value is -1.48. The molecule has 0 aliphatic heterocycles. The quantitative estimate of drug-likeness (QED) is 0.785. The first-order valence-corrected chi connectivity index (χ1v) is 5.55. The SMILES string of the molecule is CCCNC1(C)C(=O)c2ccccc2C1=O. The number of benzene rings is 1. The van der Waals surface area contributed by atoms with Gasteiger partial charge in [0.05, 0.1) is 0 Å². The summed E-state index contributed by atoms with van der Waals surface area (Å²) in [4.78, 5) is 24.3. The van der Waals surface area contributed by atoms with Gasteiger partial charge in [0.1, 0.15) is 5.54 Å². The molecule has 2 rings (SSSR count). The molecule has 0 amide bonds. The minimum atomic E-state index is -1.06. The zero-order valence-electron chi connectivity index (χ0n) is 9.54. The van der Waals surface area contributed by atoms with Gasteiger partial charge in [-0.2, -0.15) is 0 Å². The van der Waals surface area contributed by atoms with E-state index < -0.39 is 5.54 Å². The van der Waals surface area contributed by atoms with E-state index >= 15 is 0 Å². The lowest BCUT2D eigenvalue weighted by Crippen LogP contribution is -2.52. The Morgan fingerprint density at radius 3 is 2.06 bits per heavy atom. The van der Waals surface area contributed by atoms with Crippen LogP contribution in [0.4, 0.5) is 0 Å². The topological polar surface area (TPSA) is 46.2 Å². The summed E-state index contributed by atoms with van der Waals surface area (Å²) < 4.78 is 0. The summed E-state index contributed by atoms with van der Waals surface area (Å²) in [6.07, 6.45) is 0.895. The largest absolute Gasteiger partial charge is 0.298 e. The van der Waals surface area contributed by atoms with E-state index in [1.807, 2.05) is 6.92 Å². The summed E-state index contributed by atoms with van der Waals surface area (Å²) in [6, 6.07) is 7.01. The Morgan fingerprint density at radius 2 is 1.62 bits per heavy atom. The molecule has 1 N–H and O–H groups in total. The van der Waals surface area contributed by atoms with E-state index in [-0.39, 0.29) is 11.6 Å². The van der Waals surface area contributed by atoms with Crippen LogP contribution in [0, 0.1) is 0 Å². The number of carbonyl (C=O) groups excluding carboxylic acids is 2. The van der Waals surface area contributed by atoms with Gasteiger partial charge in [-0.05, 0) is 19.9 Å². The summed E-state index contributed by atoms with van der Waals surface area (Å²) >= 11 is 0. The molecule has 1 aliphatic rings. The summed E-state index contributed by atoms with van der Waals surface area (Å²) in [7, 11) is 0. The highest BCUT2D eigenvalue weighted by molar-refractivity contribution is 6.32. The maximum atomic E-state index is 12.2. The second kappa shape index (κ2) is 3.83. The third-order valence-corrected chi connectivity index (χ3v) is 3.05. The van der Waals surface area contributed by atoms with Gasteiger partial charge in [-0.25, -0.2) is 0 Å². The standard InChI is InChI=1S/C13H15NO2/c1-3-8-14-13(2)11(15)9-6-4-5-7-10(9)12(13)16/h4-7,14H,3,8H2,1-2H3. The van der Waals surface area contributed by atoms with E-state index in [4.69, 9.17) is 0 Å². The Balaban J connectivity index is 2.41. The van der Waals surface area contributed by atoms with Gasteiger partial charge in [-0.1, -0.05) is 31.2 Å². The van der Waals surface area contributed by atoms with Crippen molar-refractivity contribution in [2.75, 3.05) is 6.54 Å². The Labute approximate surface area is 94.9 Å². The number of nitrogens with one attached hydrogen (secondary N) is 1. The molecule has 0 spiro atoms. The molecule has 0 radical (unpaired) electrons. The Kier molecular flexibility index (Phi) is 2.64. The van der Waals surface area contributed by atoms with Crippen molar-refractivity contribution in [2.24, 2.45) is 0 Å². The van der Waals surface area contributed by atoms with Crippen LogP contribution in [-0.2, 0) is 0 Å². The van der Waals surface area contributed by atoms with Crippen LogP contribution in [0.2, 0.25) is 0 Å². The van der Waals surface area contributed by atoms with Crippen LogP contribution in [-0.4, -0.2) is 23.7 Å². The number of Topliss-reactive ketones (excluding diaryl/α,β-unsaturated/α-hetero) is 2. The first kappa shape index (κ1) is 11.0. The highest BCUT2D eigenvalue weighted by Crippen LogP contribution is 2.29. The van der Waals surface area contributed by atoms with Crippen LogP contribution in [0.15, 0.2) is 24.3 Å². The Bertz CT molecular complexity index is 416. The van der Waals surface area contributed by atoms with Gasteiger partial charge in [0.2, 0.25) is 0 Å². The van der Waals surface area contributed by atoms with Crippen molar-refractivity contribution in [2.45, 2.75) is 25.8 Å². The first-order chi connectivity index (χ1) is 7.61. The van der Waals surface area contributed by atoms with Crippen LogP contribution in [0.5, 0.6) is 0 Å². The van der Waals surface area contributed by atoms with Crippen molar-refractivity contribution < 1.29 is 9.59 Å². The summed E-state index contributed by atoms with van der Waals surface area (Å²) in [5, 5.41) is 3.06. The fourth-order valence-electron chi connectivity index (χ4n) is 2.06. The van der Waals surface area contributed by atoms with Crippen molar-refractivity contribution in [3.05, 3.63) is 35.4 Å². The second-order valence-corrected chi connectivity index (χ2v) is 4.26. The van der Waals surface area contributed by atoms with Crippen LogP contribution in [0.3, 0.4) is 0 Å². The second-order valence-electron chi connectivity index (χ2n) is 4.26. The monoisotopic (exact) mass is 217 g/mol. The maximum absolute atomic E-state index is 12.2. The molecule has 0 atom stereocenters. The molecule has 1 aliphatic carbocycles. The number of rotatable bonds is 3. The van der Waals surface area contributed by atoms with Crippen LogP contribution < -0.4 is 5.32 Å². The molecule has 0 unspecified atom stereocenters. The molecule has 0 aromatic heterocycles. The number of hydrogen-bond acceptors (Lipinski definition) is 3. The number of fused-ring (bicyclic) bond motifs is 1. The van der Waals surface area contributed by atoms with Crippen LogP contribution in [0.1, 0.15) is 41.0 Å². The fraction of sp³-hybridized carbons (Fsp3) is 0.385. The lowest BCUT2D eigenvalue weighted by Gasteiger charge is -2.21. The van der Waals surface area contributed by atoms with Crippen LogP contribution in [0.25, 0.3) is 0 Å². The predicted octanol–water partition coefficient (Wildman–Crippen LogP) is 1.82. The zero-order valence-corrected chi connectivity index (χ0v) is 9.54. The predicted molar refractivity (Wildman–Crippen MR) is 61.8 cm³/mol. The van der Waals surface area contributed by atoms with Crippen molar-refractivity contribution in [3.63, 3.8) is 0 Å². The van der Waals surface area contributed by atoms with Gasteiger partial charge in [0.25, 0.3) is 0 Å². The molecule has 0 bridgehead atoms. The van der Waals surface area contributed by atoms with Gasteiger partial charge in [0, 0.05) is 11.1 Å². The minimum Gasteiger partial charge on any atom is -0.298 e. The number of carbonyl (C=O) groups is 2. The highest BCUT2D eigenvalue weighted by atomic mass is 16.2. The molecule has 3 nitrogen and oxygen atoms in total. The van der Waals surface area contributed by atoms with E-state index in [0.717, 1.165) is 6.42 Å². The molecule has 0 fully saturated rings. The molecule has 3 heteroatoms. The normalized spacial score (nSPS) is 17.6. The van der Waals surface area contributed by atoms with Gasteiger partial charge in [0.15, 0.2) is 11.6 Å². The van der Waals surface area contributed by atoms with E-state index in [9.17, 15) is 9.59 Å². The zero-order chi connectivity index (χ0) is 11.8. The molecule has 84 valence electrons. The van der Waals surface area contributed by atoms with Gasteiger partial charge >= 0.3 is 0 Å². The molecule has 0 heterocycles. The number of ketones is 2. The van der Waals surface area contributed by atoms with Crippen molar-refractivity contribution >= 4 is 11.6 Å². The van der Waals surface area contributed by atoms with E-state index in [0.29, 0.717) is 17.7 Å². The molecule has 16 heavy (non-hydrogen) atoms. The highest BCUT2D eigenvalue weighted by Gasteiger charge is 2.48. The van der Waals surface area contributed by atoms with Gasteiger partial charge in [-0.15, -0.1) is 0 Å². The summed E-state index contributed by atoms with van der Waals surface area (Å²) in [5.74, 6) is -0.219. The van der Waals surface area contributed by atoms with Crippen molar-refractivity contribution in [1.29, 1.82) is 0 Å². The smallest absolute Gasteiger partial charge is 0.191 e. The maximum Gasteiger partial charge on any atom is 0.191 e. The average molecular weight is 217 g/mol. The Morgan fingerprint density at radius 1 is 1.12 bits per heavy atom. The average Bonchev–Trinajstić information content (AvgIpc) is 2.51. The summed E-state index contributed by atoms with van der Waals surface area (Å²) in [5.41, 5.74) is 0.0249. The molecular weight excluding hydrogens is 202 g/mol. The van der Waals surface area contributed by atoms with Crippen LogP contribution >= 0.6 is 0 Å². The summed E-state index contributed by atoms with van der Waals surface area (Å²) in [6.45, 7) is 4.35. The molecule has 1 aromatic rings. The fourth-order valence-corrected chi connectivity index (χ4v) is 2.06. The van der Waals surface area contributed by atoms with E-state index in [1.54, 1.807) is 31.2 Å². The lowest BCUT2D eigenvalue weighted by molar-refractivity contribution is 0.0777. The third-order valence-electron chi connectivity index (χ3n) is 3.05. The van der Waals surface area contributed by atoms with Gasteiger partial charge in [-0.3, -0.25) is 14.9 Å². The van der Waals surface area contributed by atoms with Crippen molar-refractivity contribution in [1.82, 2.24) is 5.32 Å². The van der Waals surface area contributed by atoms with E-state index in [2.05, 4.69) is 5.32 Å². The molecule has 1 aromatic carbocycles. The van der Waals surface area contributed by atoms with Crippen molar-refractivity contribution in [3.8, 4) is 0 Å². The van der Waals surface area contributed by atoms with Gasteiger partial charge < -0.3 is 0 Å². The molecule has 0 saturated heterocycles. The molecular formula is C13H15NO2. The lowest BCUT2D eigenvalue weighted by atomic mass is 9.96. The molecule has 0 saturated carbocycles. The minimum absolute atomic E-state index is 0.110. The first-order valence-electron chi connectivity index (χ1n) is 5.55. The van der Waals surface area contributed by atoms with E-state index in [1.165, 1.54) is 0 Å². The number of hydrogen-bond donors (Lipinski definition) is 1. The third kappa shape index (κ3) is 1.39.